The lowest BCUT2D eigenvalue weighted by atomic mass is 9.76. The van der Waals surface area contributed by atoms with Crippen molar-refractivity contribution in [3.05, 3.63) is 0 Å². The van der Waals surface area contributed by atoms with Crippen LogP contribution in [0.1, 0.15) is 20.3 Å². The molecule has 0 aromatic heterocycles. The molecule has 2 rings (SSSR count). The number of carbonyl (C=O) groups is 3. The van der Waals surface area contributed by atoms with E-state index in [9.17, 15) is 14.4 Å². The van der Waals surface area contributed by atoms with Gasteiger partial charge >= 0.3 is 17.9 Å². The molecule has 2 fully saturated rings. The maximum absolute atomic E-state index is 12.0. The van der Waals surface area contributed by atoms with Gasteiger partial charge in [0.15, 0.2) is 5.41 Å². The Morgan fingerprint density at radius 3 is 2.11 bits per heavy atom. The predicted octanol–water partition coefficient (Wildman–Crippen LogP) is 0.290. The molecule has 0 amide bonds. The van der Waals surface area contributed by atoms with Crippen LogP contribution < -0.4 is 0 Å². The van der Waals surface area contributed by atoms with Gasteiger partial charge in [-0.3, -0.25) is 14.4 Å². The summed E-state index contributed by atoms with van der Waals surface area (Å²) >= 11 is 0. The normalized spacial score (nSPS) is 36.1. The molecule has 1 saturated heterocycles. The molecular weight excluding hydrogens is 240 g/mol. The summed E-state index contributed by atoms with van der Waals surface area (Å²) in [5, 5.41) is 0. The highest BCUT2D eigenvalue weighted by molar-refractivity contribution is 6.03. The first-order chi connectivity index (χ1) is 8.33. The highest BCUT2D eigenvalue weighted by Crippen LogP contribution is 2.60. The molecule has 1 saturated carbocycles. The number of fused-ring (bicyclic) bond motifs is 1. The van der Waals surface area contributed by atoms with E-state index >= 15 is 0 Å². The largest absolute Gasteiger partial charge is 0.468 e. The number of carbonyl (C=O) groups excluding carboxylic acids is 3. The van der Waals surface area contributed by atoms with Crippen LogP contribution >= 0.6 is 0 Å². The number of esters is 3. The van der Waals surface area contributed by atoms with E-state index in [0.717, 1.165) is 0 Å². The van der Waals surface area contributed by atoms with E-state index in [1.807, 2.05) is 0 Å². The minimum atomic E-state index is -1.45. The third kappa shape index (κ3) is 1.26. The maximum atomic E-state index is 12.0. The number of ether oxygens (including phenoxy) is 3. The van der Waals surface area contributed by atoms with Crippen molar-refractivity contribution in [1.82, 2.24) is 0 Å². The zero-order valence-corrected chi connectivity index (χ0v) is 10.8. The summed E-state index contributed by atoms with van der Waals surface area (Å²) in [7, 11) is 2.43. The second-order valence-electron chi connectivity index (χ2n) is 5.13. The molecule has 0 unspecified atom stereocenters. The average Bonchev–Trinajstić information content (AvgIpc) is 2.51. The fourth-order valence-electron chi connectivity index (χ4n) is 3.39. The highest BCUT2D eigenvalue weighted by Gasteiger charge is 2.74. The Kier molecular flexibility index (Phi) is 2.64. The van der Waals surface area contributed by atoms with E-state index < -0.39 is 34.8 Å². The fraction of sp³-hybridized carbons (Fsp3) is 0.750. The Bertz CT molecular complexity index is 412. The lowest BCUT2D eigenvalue weighted by Gasteiger charge is -2.41. The van der Waals surface area contributed by atoms with Gasteiger partial charge in [-0.1, -0.05) is 6.92 Å². The molecule has 0 aromatic carbocycles. The predicted molar refractivity (Wildman–Crippen MR) is 58.2 cm³/mol. The van der Waals surface area contributed by atoms with E-state index in [0.29, 0.717) is 0 Å². The van der Waals surface area contributed by atoms with Gasteiger partial charge in [0.25, 0.3) is 0 Å². The molecule has 3 atom stereocenters. The Morgan fingerprint density at radius 1 is 1.28 bits per heavy atom. The number of methoxy groups -OCH3 is 2. The van der Waals surface area contributed by atoms with Crippen molar-refractivity contribution in [3.8, 4) is 0 Å². The smallest absolute Gasteiger partial charge is 0.323 e. The lowest BCUT2D eigenvalue weighted by Crippen LogP contribution is -2.53. The van der Waals surface area contributed by atoms with Crippen LogP contribution in [0.2, 0.25) is 0 Å². The van der Waals surface area contributed by atoms with Gasteiger partial charge in [0.1, 0.15) is 11.5 Å². The molecule has 1 heterocycles. The average molecular weight is 256 g/mol. The number of hydrogen-bond donors (Lipinski definition) is 0. The molecule has 0 radical (unpaired) electrons. The third-order valence-corrected chi connectivity index (χ3v) is 4.25. The maximum Gasteiger partial charge on any atom is 0.323 e. The zero-order chi connectivity index (χ0) is 13.7. The van der Waals surface area contributed by atoms with E-state index in [1.165, 1.54) is 14.2 Å². The van der Waals surface area contributed by atoms with Crippen molar-refractivity contribution < 1.29 is 28.6 Å². The summed E-state index contributed by atoms with van der Waals surface area (Å²) < 4.78 is 14.6. The van der Waals surface area contributed by atoms with Crippen molar-refractivity contribution in [1.29, 1.82) is 0 Å². The Hall–Kier alpha value is -1.59. The molecule has 1 aliphatic carbocycles. The SMILES string of the molecule is COC(=O)C1(C(=O)OC)C[C@]2(C)OC(=O)[C@@H]2[C@H]1C. The fourth-order valence-corrected chi connectivity index (χ4v) is 3.39. The second kappa shape index (κ2) is 3.70. The first-order valence-corrected chi connectivity index (χ1v) is 5.73. The summed E-state index contributed by atoms with van der Waals surface area (Å²) in [5.41, 5.74) is -2.23. The van der Waals surface area contributed by atoms with Crippen LogP contribution in [0.5, 0.6) is 0 Å². The van der Waals surface area contributed by atoms with Crippen molar-refractivity contribution >= 4 is 17.9 Å². The van der Waals surface area contributed by atoms with Crippen molar-refractivity contribution in [3.63, 3.8) is 0 Å². The summed E-state index contributed by atoms with van der Waals surface area (Å²) in [6.45, 7) is 3.41. The minimum absolute atomic E-state index is 0.108. The lowest BCUT2D eigenvalue weighted by molar-refractivity contribution is -0.205. The van der Waals surface area contributed by atoms with Crippen LogP contribution in [0.25, 0.3) is 0 Å². The van der Waals surface area contributed by atoms with Gasteiger partial charge < -0.3 is 14.2 Å². The van der Waals surface area contributed by atoms with E-state index in [1.54, 1.807) is 13.8 Å². The Balaban J connectivity index is 2.47. The summed E-state index contributed by atoms with van der Waals surface area (Å²) in [4.78, 5) is 35.6. The van der Waals surface area contributed by atoms with E-state index in [4.69, 9.17) is 14.2 Å². The molecular formula is C12H16O6. The second-order valence-corrected chi connectivity index (χ2v) is 5.13. The van der Waals surface area contributed by atoms with Gasteiger partial charge in [0.05, 0.1) is 14.2 Å². The molecule has 2 aliphatic rings. The molecule has 18 heavy (non-hydrogen) atoms. The first kappa shape index (κ1) is 12.9. The van der Waals surface area contributed by atoms with Gasteiger partial charge in [-0.15, -0.1) is 0 Å². The third-order valence-electron chi connectivity index (χ3n) is 4.25. The summed E-state index contributed by atoms with van der Waals surface area (Å²) in [6.07, 6.45) is 0.108. The Labute approximate surface area is 105 Å². The quantitative estimate of drug-likeness (QED) is 0.401. The molecule has 6 nitrogen and oxygen atoms in total. The van der Waals surface area contributed by atoms with Crippen LogP contribution in [0, 0.1) is 17.3 Å². The summed E-state index contributed by atoms with van der Waals surface area (Å²) in [5.74, 6) is -2.68. The topological polar surface area (TPSA) is 78.9 Å². The highest BCUT2D eigenvalue weighted by atomic mass is 16.6. The van der Waals surface area contributed by atoms with Gasteiger partial charge in [0.2, 0.25) is 0 Å². The molecule has 100 valence electrons. The number of hydrogen-bond acceptors (Lipinski definition) is 6. The molecule has 0 aromatic rings. The van der Waals surface area contributed by atoms with Crippen LogP contribution in [0.3, 0.4) is 0 Å². The van der Waals surface area contributed by atoms with Crippen molar-refractivity contribution in [2.45, 2.75) is 25.9 Å². The van der Waals surface area contributed by atoms with Crippen LogP contribution in [-0.4, -0.2) is 37.7 Å². The van der Waals surface area contributed by atoms with Crippen molar-refractivity contribution in [2.24, 2.45) is 17.3 Å². The molecule has 0 spiro atoms. The van der Waals surface area contributed by atoms with Gasteiger partial charge in [-0.25, -0.2) is 0 Å². The van der Waals surface area contributed by atoms with Crippen LogP contribution in [0.15, 0.2) is 0 Å². The molecule has 0 bridgehead atoms. The molecule has 0 N–H and O–H groups in total. The van der Waals surface area contributed by atoms with Crippen LogP contribution in [0.4, 0.5) is 0 Å². The first-order valence-electron chi connectivity index (χ1n) is 5.73. The summed E-state index contributed by atoms with van der Waals surface area (Å²) in [6, 6.07) is 0. The van der Waals surface area contributed by atoms with E-state index in [2.05, 4.69) is 0 Å². The van der Waals surface area contributed by atoms with Gasteiger partial charge in [-0.2, -0.15) is 0 Å². The standard InChI is InChI=1S/C12H16O6/c1-6-7-8(13)18-11(7,2)5-12(6,9(14)16-3)10(15)17-4/h6-7H,5H2,1-4H3/t6-,7+,11+/m1/s1. The molecule has 6 heteroatoms. The van der Waals surface area contributed by atoms with Gasteiger partial charge in [-0.05, 0) is 6.92 Å². The zero-order valence-electron chi connectivity index (χ0n) is 10.8. The molecule has 1 aliphatic heterocycles. The number of rotatable bonds is 2. The minimum Gasteiger partial charge on any atom is -0.468 e. The Morgan fingerprint density at radius 2 is 1.78 bits per heavy atom. The monoisotopic (exact) mass is 256 g/mol. The van der Waals surface area contributed by atoms with E-state index in [-0.39, 0.29) is 12.4 Å². The van der Waals surface area contributed by atoms with Crippen molar-refractivity contribution in [2.75, 3.05) is 14.2 Å². The van der Waals surface area contributed by atoms with Gasteiger partial charge in [0, 0.05) is 12.3 Å². The van der Waals surface area contributed by atoms with Crippen LogP contribution in [-0.2, 0) is 28.6 Å².